The molecule has 0 bridgehead atoms. The van der Waals surface area contributed by atoms with Crippen molar-refractivity contribution in [1.29, 1.82) is 0 Å². The summed E-state index contributed by atoms with van der Waals surface area (Å²) in [5.41, 5.74) is 3.16. The lowest BCUT2D eigenvalue weighted by molar-refractivity contribution is 0.560. The molecule has 0 spiro atoms. The van der Waals surface area contributed by atoms with Crippen molar-refractivity contribution in [3.63, 3.8) is 0 Å². The highest BCUT2D eigenvalue weighted by Gasteiger charge is 2.10. The summed E-state index contributed by atoms with van der Waals surface area (Å²) >= 11 is 0. The van der Waals surface area contributed by atoms with Gasteiger partial charge in [-0.25, -0.2) is 0 Å². The van der Waals surface area contributed by atoms with Crippen LogP contribution in [0.3, 0.4) is 0 Å². The van der Waals surface area contributed by atoms with Gasteiger partial charge in [0.05, 0.1) is 0 Å². The minimum Gasteiger partial charge on any atom is -0.103 e. The van der Waals surface area contributed by atoms with Crippen LogP contribution in [0.25, 0.3) is 0 Å². The minimum absolute atomic E-state index is 0.763. The summed E-state index contributed by atoms with van der Waals surface area (Å²) in [5.74, 6) is 0.763. The SMILES string of the molecule is C=CCCC[C@@H](C)C1=CC=C(C)CC1. The van der Waals surface area contributed by atoms with Crippen molar-refractivity contribution in [3.05, 3.63) is 36.0 Å². The fourth-order valence-corrected chi connectivity index (χ4v) is 1.92. The first-order valence-corrected chi connectivity index (χ1v) is 5.71. The molecule has 0 aromatic carbocycles. The van der Waals surface area contributed by atoms with E-state index in [1.54, 1.807) is 5.57 Å². The number of rotatable bonds is 5. The van der Waals surface area contributed by atoms with E-state index in [1.807, 2.05) is 6.08 Å². The molecule has 0 aromatic rings. The quantitative estimate of drug-likeness (QED) is 0.437. The molecule has 1 rings (SSSR count). The van der Waals surface area contributed by atoms with Gasteiger partial charge < -0.3 is 0 Å². The maximum Gasteiger partial charge on any atom is -0.0228 e. The first-order chi connectivity index (χ1) is 6.74. The third-order valence-corrected chi connectivity index (χ3v) is 3.07. The van der Waals surface area contributed by atoms with Gasteiger partial charge in [0.15, 0.2) is 0 Å². The summed E-state index contributed by atoms with van der Waals surface area (Å²) in [6.07, 6.45) is 12.9. The second-order valence-electron chi connectivity index (χ2n) is 4.38. The van der Waals surface area contributed by atoms with E-state index in [2.05, 4.69) is 32.6 Å². The molecule has 1 aliphatic carbocycles. The molecule has 14 heavy (non-hydrogen) atoms. The molecule has 1 aliphatic rings. The molecule has 0 N–H and O–H groups in total. The molecule has 0 unspecified atom stereocenters. The van der Waals surface area contributed by atoms with Crippen molar-refractivity contribution in [2.45, 2.75) is 46.0 Å². The average molecular weight is 190 g/mol. The summed E-state index contributed by atoms with van der Waals surface area (Å²) in [6.45, 7) is 8.32. The Morgan fingerprint density at radius 3 is 2.79 bits per heavy atom. The second-order valence-corrected chi connectivity index (χ2v) is 4.38. The van der Waals surface area contributed by atoms with Gasteiger partial charge in [0.25, 0.3) is 0 Å². The summed E-state index contributed by atoms with van der Waals surface area (Å²) in [4.78, 5) is 0. The number of hydrogen-bond acceptors (Lipinski definition) is 0. The van der Waals surface area contributed by atoms with Gasteiger partial charge >= 0.3 is 0 Å². The van der Waals surface area contributed by atoms with Crippen LogP contribution in [0.15, 0.2) is 36.0 Å². The average Bonchev–Trinajstić information content (AvgIpc) is 2.19. The van der Waals surface area contributed by atoms with E-state index >= 15 is 0 Å². The third-order valence-electron chi connectivity index (χ3n) is 3.07. The Balaban J connectivity index is 2.37. The molecular weight excluding hydrogens is 168 g/mol. The topological polar surface area (TPSA) is 0 Å². The second kappa shape index (κ2) is 5.85. The van der Waals surface area contributed by atoms with E-state index in [-0.39, 0.29) is 0 Å². The van der Waals surface area contributed by atoms with Crippen molar-refractivity contribution in [2.75, 3.05) is 0 Å². The van der Waals surface area contributed by atoms with Crippen molar-refractivity contribution in [3.8, 4) is 0 Å². The van der Waals surface area contributed by atoms with Crippen LogP contribution >= 0.6 is 0 Å². The van der Waals surface area contributed by atoms with E-state index in [1.165, 1.54) is 31.3 Å². The van der Waals surface area contributed by atoms with Crippen molar-refractivity contribution in [1.82, 2.24) is 0 Å². The van der Waals surface area contributed by atoms with Gasteiger partial charge in [-0.15, -0.1) is 6.58 Å². The van der Waals surface area contributed by atoms with Crippen LogP contribution in [0.2, 0.25) is 0 Å². The van der Waals surface area contributed by atoms with Gasteiger partial charge in [-0.2, -0.15) is 0 Å². The lowest BCUT2D eigenvalue weighted by Gasteiger charge is -2.18. The zero-order valence-electron chi connectivity index (χ0n) is 9.55. The van der Waals surface area contributed by atoms with Crippen LogP contribution in [0, 0.1) is 5.92 Å². The van der Waals surface area contributed by atoms with E-state index < -0.39 is 0 Å². The Hall–Kier alpha value is -0.780. The number of allylic oxidation sites excluding steroid dienone is 5. The monoisotopic (exact) mass is 190 g/mol. The highest BCUT2D eigenvalue weighted by molar-refractivity contribution is 5.24. The van der Waals surface area contributed by atoms with Crippen molar-refractivity contribution >= 4 is 0 Å². The van der Waals surface area contributed by atoms with Crippen LogP contribution in [0.5, 0.6) is 0 Å². The number of unbranched alkanes of at least 4 members (excludes halogenated alkanes) is 1. The fourth-order valence-electron chi connectivity index (χ4n) is 1.92. The highest BCUT2D eigenvalue weighted by Crippen LogP contribution is 2.27. The molecule has 0 saturated carbocycles. The molecular formula is C14H22. The zero-order valence-corrected chi connectivity index (χ0v) is 9.55. The molecule has 0 aromatic heterocycles. The maximum atomic E-state index is 3.76. The number of hydrogen-bond donors (Lipinski definition) is 0. The Morgan fingerprint density at radius 1 is 1.43 bits per heavy atom. The van der Waals surface area contributed by atoms with Gasteiger partial charge in [-0.05, 0) is 44.9 Å². The lowest BCUT2D eigenvalue weighted by atomic mass is 9.88. The largest absolute Gasteiger partial charge is 0.103 e. The summed E-state index contributed by atoms with van der Waals surface area (Å²) in [5, 5.41) is 0. The molecule has 0 aliphatic heterocycles. The van der Waals surface area contributed by atoms with Crippen LogP contribution in [0.4, 0.5) is 0 Å². The molecule has 0 heterocycles. The molecule has 0 saturated heterocycles. The molecule has 0 heteroatoms. The predicted molar refractivity (Wildman–Crippen MR) is 64.3 cm³/mol. The van der Waals surface area contributed by atoms with E-state index in [0.29, 0.717) is 0 Å². The van der Waals surface area contributed by atoms with E-state index in [9.17, 15) is 0 Å². The molecule has 1 atom stereocenters. The highest BCUT2D eigenvalue weighted by atomic mass is 14.2. The van der Waals surface area contributed by atoms with Crippen molar-refractivity contribution < 1.29 is 0 Å². The summed E-state index contributed by atoms with van der Waals surface area (Å²) in [6, 6.07) is 0. The van der Waals surface area contributed by atoms with E-state index in [4.69, 9.17) is 0 Å². The van der Waals surface area contributed by atoms with Crippen LogP contribution < -0.4 is 0 Å². The molecule has 0 amide bonds. The van der Waals surface area contributed by atoms with Gasteiger partial charge in [-0.1, -0.05) is 36.3 Å². The first-order valence-electron chi connectivity index (χ1n) is 5.71. The lowest BCUT2D eigenvalue weighted by Crippen LogP contribution is -2.02. The Labute approximate surface area is 88.4 Å². The Kier molecular flexibility index (Phi) is 4.72. The smallest absolute Gasteiger partial charge is 0.0228 e. The fraction of sp³-hybridized carbons (Fsp3) is 0.571. The van der Waals surface area contributed by atoms with Gasteiger partial charge in [0.1, 0.15) is 0 Å². The third kappa shape index (κ3) is 3.53. The van der Waals surface area contributed by atoms with Crippen LogP contribution in [-0.4, -0.2) is 0 Å². The molecule has 0 fully saturated rings. The van der Waals surface area contributed by atoms with Gasteiger partial charge in [0.2, 0.25) is 0 Å². The van der Waals surface area contributed by atoms with Crippen LogP contribution in [0.1, 0.15) is 46.0 Å². The summed E-state index contributed by atoms with van der Waals surface area (Å²) in [7, 11) is 0. The van der Waals surface area contributed by atoms with Crippen molar-refractivity contribution in [2.24, 2.45) is 5.92 Å². The molecule has 0 radical (unpaired) electrons. The first kappa shape index (κ1) is 11.3. The maximum absolute atomic E-state index is 3.76. The zero-order chi connectivity index (χ0) is 10.4. The molecule has 0 nitrogen and oxygen atoms in total. The summed E-state index contributed by atoms with van der Waals surface area (Å²) < 4.78 is 0. The van der Waals surface area contributed by atoms with Gasteiger partial charge in [0, 0.05) is 0 Å². The standard InChI is InChI=1S/C14H22/c1-4-5-6-7-13(3)14-10-8-12(2)9-11-14/h4,8,10,13H,1,5-7,9,11H2,2-3H3/t13-/m1/s1. The Morgan fingerprint density at radius 2 is 2.21 bits per heavy atom. The van der Waals surface area contributed by atoms with Gasteiger partial charge in [-0.3, -0.25) is 0 Å². The Bertz CT molecular complexity index is 243. The minimum atomic E-state index is 0.763. The predicted octanol–water partition coefficient (Wildman–Crippen LogP) is 4.65. The van der Waals surface area contributed by atoms with Crippen LogP contribution in [-0.2, 0) is 0 Å². The normalized spacial score (nSPS) is 18.4. The molecule has 78 valence electrons. The van der Waals surface area contributed by atoms with E-state index in [0.717, 1.165) is 12.3 Å².